The van der Waals surface area contributed by atoms with Gasteiger partial charge in [-0.05, 0) is 61.1 Å². The molecule has 4 rings (SSSR count). The molecule has 4 nitrogen and oxygen atoms in total. The highest BCUT2D eigenvalue weighted by molar-refractivity contribution is 6.08. The van der Waals surface area contributed by atoms with E-state index in [2.05, 4.69) is 16.5 Å². The molecule has 0 aliphatic heterocycles. The fourth-order valence-corrected chi connectivity index (χ4v) is 3.23. The lowest BCUT2D eigenvalue weighted by Gasteiger charge is -2.06. The van der Waals surface area contributed by atoms with Crippen LogP contribution in [0.5, 0.6) is 0 Å². The average Bonchev–Trinajstić information content (AvgIpc) is 3.44. The fraction of sp³-hybridized carbons (Fsp3) is 0.300. The summed E-state index contributed by atoms with van der Waals surface area (Å²) in [6, 6.07) is 11.3. The standard InChI is InChI=1S/C20H19F2N3O/c21-11-2-12-25-18-16(13-5-6-13)3-1-4-17(18)19(24-25)23-20(26)14-7-9-15(22)10-8-14/h1,3-4,7-10,13H,2,5-6,11-12H2,(H,23,24,26). The molecule has 1 amide bonds. The second kappa shape index (κ2) is 6.86. The molecule has 2 aromatic carbocycles. The number of fused-ring (bicyclic) bond motifs is 1. The Morgan fingerprint density at radius 2 is 1.96 bits per heavy atom. The van der Waals surface area contributed by atoms with Gasteiger partial charge in [0.05, 0.1) is 12.2 Å². The van der Waals surface area contributed by atoms with E-state index in [-0.39, 0.29) is 5.91 Å². The lowest BCUT2D eigenvalue weighted by Crippen LogP contribution is -2.13. The van der Waals surface area contributed by atoms with Crippen molar-refractivity contribution in [2.45, 2.75) is 31.7 Å². The van der Waals surface area contributed by atoms with Crippen LogP contribution < -0.4 is 5.32 Å². The van der Waals surface area contributed by atoms with Gasteiger partial charge >= 0.3 is 0 Å². The molecule has 0 bridgehead atoms. The van der Waals surface area contributed by atoms with Gasteiger partial charge in [-0.1, -0.05) is 12.1 Å². The highest BCUT2D eigenvalue weighted by Crippen LogP contribution is 2.44. The number of amides is 1. The number of carbonyl (C=O) groups excluding carboxylic acids is 1. The van der Waals surface area contributed by atoms with Gasteiger partial charge in [-0.25, -0.2) is 4.39 Å². The summed E-state index contributed by atoms with van der Waals surface area (Å²) in [4.78, 5) is 12.5. The van der Waals surface area contributed by atoms with E-state index in [9.17, 15) is 13.6 Å². The van der Waals surface area contributed by atoms with Crippen LogP contribution in [-0.4, -0.2) is 22.4 Å². The van der Waals surface area contributed by atoms with Gasteiger partial charge in [0, 0.05) is 17.5 Å². The maximum absolute atomic E-state index is 13.1. The summed E-state index contributed by atoms with van der Waals surface area (Å²) < 4.78 is 27.5. The van der Waals surface area contributed by atoms with E-state index < -0.39 is 12.5 Å². The monoisotopic (exact) mass is 355 g/mol. The van der Waals surface area contributed by atoms with E-state index in [1.165, 1.54) is 29.8 Å². The predicted molar refractivity (Wildman–Crippen MR) is 96.7 cm³/mol. The topological polar surface area (TPSA) is 46.9 Å². The Bertz CT molecular complexity index is 946. The zero-order valence-electron chi connectivity index (χ0n) is 14.2. The van der Waals surface area contributed by atoms with Crippen molar-refractivity contribution < 1.29 is 13.6 Å². The zero-order valence-corrected chi connectivity index (χ0v) is 14.2. The van der Waals surface area contributed by atoms with Gasteiger partial charge in [-0.2, -0.15) is 5.10 Å². The number of nitrogens with zero attached hydrogens (tertiary/aromatic N) is 2. The second-order valence-corrected chi connectivity index (χ2v) is 6.59. The van der Waals surface area contributed by atoms with Crippen molar-refractivity contribution >= 4 is 22.6 Å². The van der Waals surface area contributed by atoms with Gasteiger partial charge in [-0.15, -0.1) is 0 Å². The summed E-state index contributed by atoms with van der Waals surface area (Å²) in [5.41, 5.74) is 2.53. The van der Waals surface area contributed by atoms with Crippen molar-refractivity contribution in [2.75, 3.05) is 12.0 Å². The number of carbonyl (C=O) groups is 1. The van der Waals surface area contributed by atoms with Crippen LogP contribution in [0.4, 0.5) is 14.6 Å². The molecule has 0 atom stereocenters. The number of anilines is 1. The molecule has 3 aromatic rings. The van der Waals surface area contributed by atoms with Crippen LogP contribution in [0.15, 0.2) is 42.5 Å². The van der Waals surface area contributed by atoms with Crippen LogP contribution in [0.3, 0.4) is 0 Å². The molecule has 1 aliphatic rings. The Balaban J connectivity index is 1.71. The third-order valence-electron chi connectivity index (χ3n) is 4.66. The van der Waals surface area contributed by atoms with E-state index in [1.807, 2.05) is 12.1 Å². The van der Waals surface area contributed by atoms with E-state index in [4.69, 9.17) is 0 Å². The second-order valence-electron chi connectivity index (χ2n) is 6.59. The molecule has 0 radical (unpaired) electrons. The summed E-state index contributed by atoms with van der Waals surface area (Å²) in [6.45, 7) is 0.0490. The minimum Gasteiger partial charge on any atom is -0.305 e. The minimum atomic E-state index is -0.412. The fourth-order valence-electron chi connectivity index (χ4n) is 3.23. The van der Waals surface area contributed by atoms with Crippen molar-refractivity contribution in [1.29, 1.82) is 0 Å². The average molecular weight is 355 g/mol. The van der Waals surface area contributed by atoms with E-state index in [1.54, 1.807) is 4.68 Å². The number of para-hydroxylation sites is 1. The van der Waals surface area contributed by atoms with Crippen LogP contribution >= 0.6 is 0 Å². The van der Waals surface area contributed by atoms with E-state index in [0.717, 1.165) is 23.7 Å². The number of aryl methyl sites for hydroxylation is 1. The smallest absolute Gasteiger partial charge is 0.256 e. The molecule has 1 saturated carbocycles. The van der Waals surface area contributed by atoms with Crippen molar-refractivity contribution in [3.63, 3.8) is 0 Å². The summed E-state index contributed by atoms with van der Waals surface area (Å²) in [5.74, 6) is 0.228. The number of hydrogen-bond donors (Lipinski definition) is 1. The molecule has 1 fully saturated rings. The number of rotatable bonds is 6. The maximum atomic E-state index is 13.1. The summed E-state index contributed by atoms with van der Waals surface area (Å²) >= 11 is 0. The largest absolute Gasteiger partial charge is 0.305 e. The first kappa shape index (κ1) is 16.7. The first-order valence-electron chi connectivity index (χ1n) is 8.79. The van der Waals surface area contributed by atoms with Crippen LogP contribution in [-0.2, 0) is 6.54 Å². The lowest BCUT2D eigenvalue weighted by atomic mass is 10.1. The molecule has 1 N–H and O–H groups in total. The Kier molecular flexibility index (Phi) is 4.41. The molecule has 0 saturated heterocycles. The third kappa shape index (κ3) is 3.19. The summed E-state index contributed by atoms with van der Waals surface area (Å²) in [5, 5.41) is 8.19. The first-order valence-corrected chi connectivity index (χ1v) is 8.79. The van der Waals surface area contributed by atoms with Gasteiger partial charge in [0.25, 0.3) is 5.91 Å². The zero-order chi connectivity index (χ0) is 18.1. The molecule has 6 heteroatoms. The number of aromatic nitrogens is 2. The summed E-state index contributed by atoms with van der Waals surface area (Å²) in [6.07, 6.45) is 2.66. The van der Waals surface area contributed by atoms with E-state index >= 15 is 0 Å². The Hall–Kier alpha value is -2.76. The van der Waals surface area contributed by atoms with Gasteiger partial charge < -0.3 is 5.32 Å². The number of nitrogens with one attached hydrogen (secondary N) is 1. The number of hydrogen-bond acceptors (Lipinski definition) is 2. The SMILES string of the molecule is O=C(Nc1nn(CCCF)c2c(C3CC3)cccc12)c1ccc(F)cc1. The van der Waals surface area contributed by atoms with Crippen LogP contribution in [0.25, 0.3) is 10.9 Å². The van der Waals surface area contributed by atoms with Crippen molar-refractivity contribution in [2.24, 2.45) is 0 Å². The molecule has 0 spiro atoms. The highest BCUT2D eigenvalue weighted by atomic mass is 19.1. The highest BCUT2D eigenvalue weighted by Gasteiger charge is 2.28. The number of benzene rings is 2. The molecular formula is C20H19F2N3O. The first-order chi connectivity index (χ1) is 12.7. The van der Waals surface area contributed by atoms with Gasteiger partial charge in [0.15, 0.2) is 5.82 Å². The Labute approximate surface area is 149 Å². The molecule has 1 heterocycles. The molecule has 1 aromatic heterocycles. The predicted octanol–water partition coefficient (Wildman–Crippen LogP) is 4.66. The molecule has 1 aliphatic carbocycles. The van der Waals surface area contributed by atoms with Crippen molar-refractivity contribution in [3.05, 3.63) is 59.4 Å². The maximum Gasteiger partial charge on any atom is 0.256 e. The van der Waals surface area contributed by atoms with Crippen molar-refractivity contribution in [1.82, 2.24) is 9.78 Å². The molecular weight excluding hydrogens is 336 g/mol. The van der Waals surface area contributed by atoms with Crippen molar-refractivity contribution in [3.8, 4) is 0 Å². The molecule has 0 unspecified atom stereocenters. The van der Waals surface area contributed by atoms with Gasteiger partial charge in [-0.3, -0.25) is 13.9 Å². The normalized spacial score (nSPS) is 13.9. The third-order valence-corrected chi connectivity index (χ3v) is 4.66. The Morgan fingerprint density at radius 3 is 2.65 bits per heavy atom. The summed E-state index contributed by atoms with van der Waals surface area (Å²) in [7, 11) is 0. The molecule has 26 heavy (non-hydrogen) atoms. The minimum absolute atomic E-state index is 0.348. The van der Waals surface area contributed by atoms with Crippen LogP contribution in [0.1, 0.15) is 41.1 Å². The van der Waals surface area contributed by atoms with Gasteiger partial charge in [0.2, 0.25) is 0 Å². The van der Waals surface area contributed by atoms with Crippen LogP contribution in [0, 0.1) is 5.82 Å². The molecule has 134 valence electrons. The van der Waals surface area contributed by atoms with E-state index in [0.29, 0.717) is 30.3 Å². The lowest BCUT2D eigenvalue weighted by molar-refractivity contribution is 0.102. The Morgan fingerprint density at radius 1 is 1.19 bits per heavy atom. The van der Waals surface area contributed by atoms with Gasteiger partial charge in [0.1, 0.15) is 5.82 Å². The van der Waals surface area contributed by atoms with Crippen LogP contribution in [0.2, 0.25) is 0 Å². The quantitative estimate of drug-likeness (QED) is 0.699. The number of alkyl halides is 1. The number of halogens is 2.